The van der Waals surface area contributed by atoms with Gasteiger partial charge in [0.2, 0.25) is 0 Å². The molecule has 1 aliphatic rings. The van der Waals surface area contributed by atoms with Crippen LogP contribution in [0.4, 0.5) is 5.69 Å². The molecule has 27 heavy (non-hydrogen) atoms. The van der Waals surface area contributed by atoms with Crippen LogP contribution in [0, 0.1) is 0 Å². The predicted octanol–water partition coefficient (Wildman–Crippen LogP) is 5.23. The minimum absolute atomic E-state index is 0.303. The van der Waals surface area contributed by atoms with E-state index in [9.17, 15) is 4.79 Å². The summed E-state index contributed by atoms with van der Waals surface area (Å²) < 4.78 is 11.6. The van der Waals surface area contributed by atoms with Crippen LogP contribution in [-0.4, -0.2) is 6.73 Å². The maximum Gasteiger partial charge on any atom is 0.336 e. The lowest BCUT2D eigenvalue weighted by Gasteiger charge is -2.31. The van der Waals surface area contributed by atoms with Gasteiger partial charge in [-0.15, -0.1) is 0 Å². The first-order valence-corrected chi connectivity index (χ1v) is 9.67. The van der Waals surface area contributed by atoms with E-state index in [-0.39, 0.29) is 5.63 Å². The van der Waals surface area contributed by atoms with E-state index in [1.165, 1.54) is 5.56 Å². The summed E-state index contributed by atoms with van der Waals surface area (Å²) in [6, 6.07) is 14.2. The first-order valence-electron chi connectivity index (χ1n) is 9.67. The Kier molecular flexibility index (Phi) is 4.65. The van der Waals surface area contributed by atoms with Gasteiger partial charge >= 0.3 is 5.63 Å². The van der Waals surface area contributed by atoms with Gasteiger partial charge < -0.3 is 14.1 Å². The fraction of sp³-hybridized carbons (Fsp3) is 0.348. The number of ether oxygens (including phenoxy) is 1. The smallest absolute Gasteiger partial charge is 0.336 e. The van der Waals surface area contributed by atoms with E-state index in [4.69, 9.17) is 9.15 Å². The lowest BCUT2D eigenvalue weighted by molar-refractivity contribution is 0.289. The zero-order chi connectivity index (χ0) is 19.0. The molecule has 4 rings (SSSR count). The zero-order valence-electron chi connectivity index (χ0n) is 16.1. The lowest BCUT2D eigenvalue weighted by atomic mass is 9.98. The van der Waals surface area contributed by atoms with Crippen molar-refractivity contribution >= 4 is 16.7 Å². The Morgan fingerprint density at radius 2 is 1.89 bits per heavy atom. The maximum atomic E-state index is 12.0. The predicted molar refractivity (Wildman–Crippen MR) is 109 cm³/mol. The van der Waals surface area contributed by atoms with Crippen molar-refractivity contribution in [3.8, 4) is 5.75 Å². The summed E-state index contributed by atoms with van der Waals surface area (Å²) in [4.78, 5) is 14.2. The Hall–Kier alpha value is -2.75. The standard InChI is InChI=1S/C23H25NO3/c1-4-15(3)17-6-8-18(9-7-17)24-13-20-21(26-14-24)11-10-19-16(5-2)12-22(25)27-23(19)20/h6-12,15H,4-5,13-14H2,1-3H3/t15-/m1/s1. The summed E-state index contributed by atoms with van der Waals surface area (Å²) in [5.41, 5.74) is 4.76. The Morgan fingerprint density at radius 3 is 2.59 bits per heavy atom. The summed E-state index contributed by atoms with van der Waals surface area (Å²) in [7, 11) is 0. The minimum Gasteiger partial charge on any atom is -0.473 e. The van der Waals surface area contributed by atoms with Gasteiger partial charge in [0.15, 0.2) is 6.73 Å². The SMILES string of the molecule is CCc1cc(=O)oc2c3c(ccc12)OCN(c1ccc([C@H](C)CC)cc1)C3. The summed E-state index contributed by atoms with van der Waals surface area (Å²) in [6.07, 6.45) is 1.92. The molecule has 3 aromatic rings. The van der Waals surface area contributed by atoms with Crippen molar-refractivity contribution in [2.75, 3.05) is 11.6 Å². The Bertz CT molecular complexity index is 1020. The van der Waals surface area contributed by atoms with Gasteiger partial charge in [-0.3, -0.25) is 0 Å². The van der Waals surface area contributed by atoms with E-state index in [1.807, 2.05) is 12.1 Å². The second-order valence-corrected chi connectivity index (χ2v) is 7.24. The quantitative estimate of drug-likeness (QED) is 0.596. The van der Waals surface area contributed by atoms with E-state index in [1.54, 1.807) is 6.07 Å². The average molecular weight is 363 g/mol. The number of anilines is 1. The number of benzene rings is 2. The van der Waals surface area contributed by atoms with Crippen LogP contribution in [-0.2, 0) is 13.0 Å². The highest BCUT2D eigenvalue weighted by Gasteiger charge is 2.22. The summed E-state index contributed by atoms with van der Waals surface area (Å²) >= 11 is 0. The maximum absolute atomic E-state index is 12.0. The van der Waals surface area contributed by atoms with Crippen LogP contribution in [0.3, 0.4) is 0 Å². The molecular weight excluding hydrogens is 338 g/mol. The van der Waals surface area contributed by atoms with E-state index in [0.717, 1.165) is 40.8 Å². The molecule has 1 atom stereocenters. The van der Waals surface area contributed by atoms with Crippen molar-refractivity contribution in [1.29, 1.82) is 0 Å². The van der Waals surface area contributed by atoms with Crippen LogP contribution in [0.1, 0.15) is 49.8 Å². The summed E-state index contributed by atoms with van der Waals surface area (Å²) in [6.45, 7) is 7.64. The van der Waals surface area contributed by atoms with Gasteiger partial charge in [-0.2, -0.15) is 0 Å². The third kappa shape index (κ3) is 3.20. The molecule has 0 N–H and O–H groups in total. The third-order valence-corrected chi connectivity index (χ3v) is 5.60. The van der Waals surface area contributed by atoms with E-state index in [0.29, 0.717) is 24.8 Å². The molecule has 2 aromatic carbocycles. The van der Waals surface area contributed by atoms with E-state index < -0.39 is 0 Å². The van der Waals surface area contributed by atoms with Gasteiger partial charge in [-0.05, 0) is 54.2 Å². The molecule has 0 saturated carbocycles. The van der Waals surface area contributed by atoms with Crippen LogP contribution in [0.5, 0.6) is 5.75 Å². The normalized spacial score (nSPS) is 14.7. The second-order valence-electron chi connectivity index (χ2n) is 7.24. The van der Waals surface area contributed by atoms with Gasteiger partial charge in [0.25, 0.3) is 0 Å². The van der Waals surface area contributed by atoms with Crippen molar-refractivity contribution < 1.29 is 9.15 Å². The van der Waals surface area contributed by atoms with Gasteiger partial charge in [0.05, 0.1) is 12.1 Å². The minimum atomic E-state index is -0.303. The molecule has 1 aliphatic heterocycles. The lowest BCUT2D eigenvalue weighted by Crippen LogP contribution is -2.32. The van der Waals surface area contributed by atoms with E-state index in [2.05, 4.69) is 49.9 Å². The van der Waals surface area contributed by atoms with Gasteiger partial charge in [0.1, 0.15) is 11.3 Å². The number of hydrogen-bond acceptors (Lipinski definition) is 4. The molecule has 140 valence electrons. The Balaban J connectivity index is 1.72. The largest absolute Gasteiger partial charge is 0.473 e. The number of aryl methyl sites for hydroxylation is 1. The molecule has 0 saturated heterocycles. The molecule has 0 radical (unpaired) electrons. The molecule has 4 heteroatoms. The number of hydrogen-bond donors (Lipinski definition) is 0. The topological polar surface area (TPSA) is 42.7 Å². The van der Waals surface area contributed by atoms with Gasteiger partial charge in [-0.25, -0.2) is 4.79 Å². The molecule has 2 heterocycles. The van der Waals surface area contributed by atoms with Gasteiger partial charge in [-0.1, -0.05) is 32.9 Å². The fourth-order valence-corrected chi connectivity index (χ4v) is 3.71. The van der Waals surface area contributed by atoms with Crippen LogP contribution >= 0.6 is 0 Å². The molecule has 0 fully saturated rings. The average Bonchev–Trinajstić information content (AvgIpc) is 2.72. The fourth-order valence-electron chi connectivity index (χ4n) is 3.71. The number of rotatable bonds is 4. The van der Waals surface area contributed by atoms with Crippen molar-refractivity contribution in [1.82, 2.24) is 0 Å². The molecule has 4 nitrogen and oxygen atoms in total. The van der Waals surface area contributed by atoms with E-state index >= 15 is 0 Å². The molecule has 0 bridgehead atoms. The number of nitrogens with zero attached hydrogens (tertiary/aromatic N) is 1. The molecule has 0 aliphatic carbocycles. The highest BCUT2D eigenvalue weighted by atomic mass is 16.5. The van der Waals surface area contributed by atoms with Crippen molar-refractivity contribution in [2.24, 2.45) is 0 Å². The van der Waals surface area contributed by atoms with Crippen molar-refractivity contribution in [2.45, 2.75) is 46.1 Å². The van der Waals surface area contributed by atoms with Crippen molar-refractivity contribution in [3.63, 3.8) is 0 Å². The monoisotopic (exact) mass is 363 g/mol. The second kappa shape index (κ2) is 7.10. The third-order valence-electron chi connectivity index (χ3n) is 5.60. The van der Waals surface area contributed by atoms with Crippen LogP contribution < -0.4 is 15.3 Å². The Morgan fingerprint density at radius 1 is 1.11 bits per heavy atom. The highest BCUT2D eigenvalue weighted by molar-refractivity contribution is 5.85. The summed E-state index contributed by atoms with van der Waals surface area (Å²) in [5, 5.41) is 0.994. The Labute approximate surface area is 159 Å². The zero-order valence-corrected chi connectivity index (χ0v) is 16.1. The van der Waals surface area contributed by atoms with Crippen LogP contribution in [0.2, 0.25) is 0 Å². The highest BCUT2D eigenvalue weighted by Crippen LogP contribution is 2.35. The summed E-state index contributed by atoms with van der Waals surface area (Å²) in [5.74, 6) is 1.36. The van der Waals surface area contributed by atoms with Gasteiger partial charge in [0, 0.05) is 17.1 Å². The van der Waals surface area contributed by atoms with Crippen LogP contribution in [0.25, 0.3) is 11.0 Å². The van der Waals surface area contributed by atoms with Crippen LogP contribution in [0.15, 0.2) is 51.7 Å². The molecule has 1 aromatic heterocycles. The molecule has 0 spiro atoms. The first kappa shape index (κ1) is 17.7. The molecule has 0 unspecified atom stereocenters. The molecule has 0 amide bonds. The number of fused-ring (bicyclic) bond motifs is 3. The first-order chi connectivity index (χ1) is 13.1. The van der Waals surface area contributed by atoms with Crippen molar-refractivity contribution in [3.05, 3.63) is 69.6 Å². The molecular formula is C23H25NO3.